The number of benzene rings is 1. The Kier molecular flexibility index (Phi) is 11.7. The van der Waals surface area contributed by atoms with Gasteiger partial charge in [0.25, 0.3) is 0 Å². The maximum Gasteiger partial charge on any atom is 0.326 e. The summed E-state index contributed by atoms with van der Waals surface area (Å²) < 4.78 is 0. The molecule has 12 heteroatoms. The first kappa shape index (κ1) is 28.5. The molecule has 1 aromatic rings. The smallest absolute Gasteiger partial charge is 0.326 e. The first-order valence-corrected chi connectivity index (χ1v) is 10.8. The highest BCUT2D eigenvalue weighted by Gasteiger charge is 2.31. The number of aliphatic hydroxyl groups excluding tert-OH is 1. The second kappa shape index (κ2) is 13.9. The van der Waals surface area contributed by atoms with Crippen molar-refractivity contribution in [2.75, 3.05) is 6.61 Å². The normalized spacial score (nSPS) is 15.2. The molecule has 0 spiro atoms. The van der Waals surface area contributed by atoms with E-state index in [0.717, 1.165) is 0 Å². The summed E-state index contributed by atoms with van der Waals surface area (Å²) in [5.41, 5.74) is 11.4. The van der Waals surface area contributed by atoms with Gasteiger partial charge < -0.3 is 37.6 Å². The number of hydrogen-bond donors (Lipinski definition) is 7. The van der Waals surface area contributed by atoms with Crippen LogP contribution in [0, 0.1) is 5.92 Å². The summed E-state index contributed by atoms with van der Waals surface area (Å²) in [5.74, 6) is -4.94. The summed E-state index contributed by atoms with van der Waals surface area (Å²) in [6, 6.07) is 3.50. The lowest BCUT2D eigenvalue weighted by molar-refractivity contribution is -0.144. The molecule has 4 amide bonds. The highest BCUT2D eigenvalue weighted by atomic mass is 16.4. The van der Waals surface area contributed by atoms with E-state index in [2.05, 4.69) is 16.0 Å². The van der Waals surface area contributed by atoms with Crippen molar-refractivity contribution in [3.63, 3.8) is 0 Å². The highest BCUT2D eigenvalue weighted by molar-refractivity contribution is 5.95. The Morgan fingerprint density at radius 2 is 1.50 bits per heavy atom. The average molecular weight is 480 g/mol. The molecule has 188 valence electrons. The van der Waals surface area contributed by atoms with Crippen LogP contribution in [0.2, 0.25) is 0 Å². The van der Waals surface area contributed by atoms with Crippen molar-refractivity contribution < 1.29 is 34.2 Å². The number of carbonyl (C=O) groups excluding carboxylic acids is 4. The summed E-state index contributed by atoms with van der Waals surface area (Å²) in [4.78, 5) is 60.4. The molecular formula is C22H33N5O7. The molecule has 0 aromatic heterocycles. The van der Waals surface area contributed by atoms with Gasteiger partial charge in [-0.1, -0.05) is 50.6 Å². The number of carboxylic acids is 1. The molecule has 0 aliphatic heterocycles. The highest BCUT2D eigenvalue weighted by Crippen LogP contribution is 2.09. The Balaban J connectivity index is 3.01. The molecule has 12 nitrogen and oxygen atoms in total. The number of primary amides is 1. The fourth-order valence-electron chi connectivity index (χ4n) is 3.05. The maximum atomic E-state index is 12.9. The summed E-state index contributed by atoms with van der Waals surface area (Å²) in [7, 11) is 0. The van der Waals surface area contributed by atoms with Crippen LogP contribution in [0.5, 0.6) is 0 Å². The minimum Gasteiger partial charge on any atom is -0.480 e. The fourth-order valence-corrected chi connectivity index (χ4v) is 3.05. The van der Waals surface area contributed by atoms with Gasteiger partial charge in [-0.2, -0.15) is 0 Å². The molecule has 0 saturated heterocycles. The quantitative estimate of drug-likeness (QED) is 0.158. The molecule has 1 rings (SSSR count). The van der Waals surface area contributed by atoms with Crippen molar-refractivity contribution in [2.24, 2.45) is 17.4 Å². The Bertz CT molecular complexity index is 864. The van der Waals surface area contributed by atoms with E-state index in [-0.39, 0.29) is 6.42 Å². The van der Waals surface area contributed by atoms with Gasteiger partial charge in [-0.3, -0.25) is 19.2 Å². The van der Waals surface area contributed by atoms with Gasteiger partial charge in [0.2, 0.25) is 23.6 Å². The van der Waals surface area contributed by atoms with Gasteiger partial charge in [0.15, 0.2) is 0 Å². The van der Waals surface area contributed by atoms with Crippen molar-refractivity contribution in [1.29, 1.82) is 0 Å². The van der Waals surface area contributed by atoms with Crippen LogP contribution in [0.3, 0.4) is 0 Å². The van der Waals surface area contributed by atoms with Crippen LogP contribution in [-0.2, 0) is 30.4 Å². The number of nitrogens with two attached hydrogens (primary N) is 2. The van der Waals surface area contributed by atoms with Crippen LogP contribution in [0.15, 0.2) is 30.3 Å². The van der Waals surface area contributed by atoms with Gasteiger partial charge in [-0.25, -0.2) is 4.79 Å². The Morgan fingerprint density at radius 1 is 0.941 bits per heavy atom. The third-order valence-electron chi connectivity index (χ3n) is 5.27. The van der Waals surface area contributed by atoms with E-state index >= 15 is 0 Å². The molecule has 0 saturated carbocycles. The minimum atomic E-state index is -1.46. The fraction of sp³-hybridized carbons (Fsp3) is 0.500. The monoisotopic (exact) mass is 479 g/mol. The largest absolute Gasteiger partial charge is 0.480 e. The van der Waals surface area contributed by atoms with Crippen LogP contribution in [0.1, 0.15) is 32.3 Å². The van der Waals surface area contributed by atoms with Gasteiger partial charge in [0.1, 0.15) is 18.1 Å². The predicted octanol–water partition coefficient (Wildman–Crippen LogP) is -1.99. The van der Waals surface area contributed by atoms with E-state index in [1.165, 1.54) is 0 Å². The van der Waals surface area contributed by atoms with Gasteiger partial charge in [-0.05, 0) is 11.5 Å². The third kappa shape index (κ3) is 9.16. The van der Waals surface area contributed by atoms with Gasteiger partial charge in [0, 0.05) is 6.42 Å². The predicted molar refractivity (Wildman–Crippen MR) is 122 cm³/mol. The van der Waals surface area contributed by atoms with E-state index in [0.29, 0.717) is 12.0 Å². The zero-order valence-corrected chi connectivity index (χ0v) is 19.2. The summed E-state index contributed by atoms with van der Waals surface area (Å²) in [6.45, 7) is 2.60. The molecule has 0 radical (unpaired) electrons. The molecule has 5 atom stereocenters. The Hall–Kier alpha value is -3.51. The van der Waals surface area contributed by atoms with E-state index in [4.69, 9.17) is 11.5 Å². The summed E-state index contributed by atoms with van der Waals surface area (Å²) in [6.07, 6.45) is 0.0651. The van der Waals surface area contributed by atoms with Gasteiger partial charge in [-0.15, -0.1) is 0 Å². The van der Waals surface area contributed by atoms with E-state index < -0.39 is 72.7 Å². The first-order chi connectivity index (χ1) is 16.0. The molecule has 0 bridgehead atoms. The van der Waals surface area contributed by atoms with E-state index in [1.807, 2.05) is 0 Å². The average Bonchev–Trinajstić information content (AvgIpc) is 2.79. The molecule has 0 aliphatic rings. The van der Waals surface area contributed by atoms with Crippen LogP contribution >= 0.6 is 0 Å². The van der Waals surface area contributed by atoms with Crippen molar-refractivity contribution >= 4 is 29.6 Å². The number of aliphatic carboxylic acids is 1. The van der Waals surface area contributed by atoms with Gasteiger partial charge in [0.05, 0.1) is 19.1 Å². The second-order valence-electron chi connectivity index (χ2n) is 7.98. The van der Waals surface area contributed by atoms with Crippen molar-refractivity contribution in [2.45, 2.75) is 57.3 Å². The number of amides is 4. The number of carboxylic acid groups (broad SMARTS) is 1. The molecule has 9 N–H and O–H groups in total. The second-order valence-corrected chi connectivity index (χ2v) is 7.98. The lowest BCUT2D eigenvalue weighted by Crippen LogP contribution is -2.59. The SMILES string of the molecule is CCC(C)C(NC(=O)C(CO)NC(=O)C(Cc1ccccc1)NC(=O)C(N)CC(N)=O)C(=O)O. The summed E-state index contributed by atoms with van der Waals surface area (Å²) in [5, 5.41) is 26.1. The number of hydrogen-bond acceptors (Lipinski definition) is 7. The van der Waals surface area contributed by atoms with Crippen LogP contribution in [0.4, 0.5) is 0 Å². The zero-order valence-electron chi connectivity index (χ0n) is 19.2. The van der Waals surface area contributed by atoms with Crippen molar-refractivity contribution in [3.8, 4) is 0 Å². The lowest BCUT2D eigenvalue weighted by atomic mass is 9.99. The summed E-state index contributed by atoms with van der Waals surface area (Å²) >= 11 is 0. The number of aliphatic hydroxyl groups is 1. The van der Waals surface area contributed by atoms with Crippen LogP contribution < -0.4 is 27.4 Å². The molecular weight excluding hydrogens is 446 g/mol. The Morgan fingerprint density at radius 3 is 2.00 bits per heavy atom. The number of nitrogens with one attached hydrogen (secondary N) is 3. The van der Waals surface area contributed by atoms with Crippen molar-refractivity contribution in [3.05, 3.63) is 35.9 Å². The molecule has 1 aromatic carbocycles. The van der Waals surface area contributed by atoms with E-state index in [1.54, 1.807) is 44.2 Å². The molecule has 0 aliphatic carbocycles. The molecule has 0 fully saturated rings. The lowest BCUT2D eigenvalue weighted by Gasteiger charge is -2.25. The maximum absolute atomic E-state index is 12.9. The molecule has 0 heterocycles. The zero-order chi connectivity index (χ0) is 25.8. The molecule has 34 heavy (non-hydrogen) atoms. The topological polar surface area (TPSA) is 214 Å². The van der Waals surface area contributed by atoms with Crippen molar-refractivity contribution in [1.82, 2.24) is 16.0 Å². The van der Waals surface area contributed by atoms with Crippen LogP contribution in [-0.4, -0.2) is 70.6 Å². The number of rotatable bonds is 14. The molecule has 5 unspecified atom stereocenters. The minimum absolute atomic E-state index is 0.0199. The van der Waals surface area contributed by atoms with Gasteiger partial charge >= 0.3 is 5.97 Å². The third-order valence-corrected chi connectivity index (χ3v) is 5.27. The standard InChI is InChI=1S/C22H33N5O7/c1-3-12(2)18(22(33)34)27-21(32)16(11-28)26-20(31)15(9-13-7-5-4-6-8-13)25-19(30)14(23)10-17(24)29/h4-8,12,14-16,18,28H,3,9-11,23H2,1-2H3,(H2,24,29)(H,25,30)(H,26,31)(H,27,32)(H,33,34). The van der Waals surface area contributed by atoms with E-state index in [9.17, 15) is 34.2 Å². The first-order valence-electron chi connectivity index (χ1n) is 10.8. The Labute approximate surface area is 197 Å². The van der Waals surface area contributed by atoms with Crippen LogP contribution in [0.25, 0.3) is 0 Å². The number of carbonyl (C=O) groups is 5.